The Kier molecular flexibility index (Phi) is 10.8. The first-order valence-corrected chi connectivity index (χ1v) is 5.18. The summed E-state index contributed by atoms with van der Waals surface area (Å²) in [6, 6.07) is 0. The molecule has 0 unspecified atom stereocenters. The van der Waals surface area contributed by atoms with Crippen molar-refractivity contribution in [2.45, 2.75) is 45.4 Å². The summed E-state index contributed by atoms with van der Waals surface area (Å²) in [4.78, 5) is 0. The Hall–Kier alpha value is -0.110. The summed E-state index contributed by atoms with van der Waals surface area (Å²) in [5.41, 5.74) is 0. The highest BCUT2D eigenvalue weighted by Crippen LogP contribution is 2.03. The molecule has 0 fully saturated rings. The van der Waals surface area contributed by atoms with E-state index in [-0.39, 0.29) is 6.67 Å². The first kappa shape index (κ1) is 11.9. The first-order chi connectivity index (χ1) is 5.91. The van der Waals surface area contributed by atoms with Crippen molar-refractivity contribution in [3.05, 3.63) is 0 Å². The Morgan fingerprint density at radius 1 is 0.917 bits per heavy atom. The molecule has 1 N–H and O–H groups in total. The molecule has 0 heterocycles. The second-order valence-electron chi connectivity index (χ2n) is 3.21. The lowest BCUT2D eigenvalue weighted by molar-refractivity contribution is 0.461. The Morgan fingerprint density at radius 3 is 2.25 bits per heavy atom. The molecule has 0 aliphatic carbocycles. The molecule has 1 nitrogen and oxygen atoms in total. The molecule has 0 aliphatic heterocycles. The second kappa shape index (κ2) is 10.9. The van der Waals surface area contributed by atoms with Crippen LogP contribution in [0, 0.1) is 0 Å². The monoisotopic (exact) mass is 175 g/mol. The number of hydrogen-bond acceptors (Lipinski definition) is 1. The molecule has 0 spiro atoms. The topological polar surface area (TPSA) is 12.0 Å². The van der Waals surface area contributed by atoms with Gasteiger partial charge in [0, 0.05) is 6.54 Å². The minimum Gasteiger partial charge on any atom is -0.314 e. The molecule has 0 bridgehead atoms. The van der Waals surface area contributed by atoms with Crippen LogP contribution in [-0.2, 0) is 0 Å². The molecule has 0 saturated heterocycles. The smallest absolute Gasteiger partial charge is 0.102 e. The van der Waals surface area contributed by atoms with Gasteiger partial charge in [-0.05, 0) is 13.0 Å². The number of halogens is 1. The van der Waals surface area contributed by atoms with Gasteiger partial charge in [-0.2, -0.15) is 0 Å². The van der Waals surface area contributed by atoms with E-state index in [9.17, 15) is 4.39 Å². The van der Waals surface area contributed by atoms with Crippen LogP contribution in [0.1, 0.15) is 45.4 Å². The van der Waals surface area contributed by atoms with E-state index in [4.69, 9.17) is 0 Å². The van der Waals surface area contributed by atoms with Gasteiger partial charge in [-0.15, -0.1) is 0 Å². The number of nitrogens with one attached hydrogen (secondary N) is 1. The Labute approximate surface area is 75.7 Å². The fourth-order valence-corrected chi connectivity index (χ4v) is 1.22. The van der Waals surface area contributed by atoms with E-state index < -0.39 is 0 Å². The molecule has 2 heteroatoms. The molecule has 12 heavy (non-hydrogen) atoms. The molecule has 0 amide bonds. The van der Waals surface area contributed by atoms with Crippen molar-refractivity contribution in [1.29, 1.82) is 0 Å². The Balaban J connectivity index is 2.73. The van der Waals surface area contributed by atoms with Crippen LogP contribution in [0.25, 0.3) is 0 Å². The zero-order valence-electron chi connectivity index (χ0n) is 8.24. The maximum atomic E-state index is 11.6. The Bertz CT molecular complexity index is 66.2. The predicted molar refractivity (Wildman–Crippen MR) is 52.2 cm³/mol. The first-order valence-electron chi connectivity index (χ1n) is 5.18. The van der Waals surface area contributed by atoms with Gasteiger partial charge >= 0.3 is 0 Å². The molecule has 0 rings (SSSR count). The maximum Gasteiger partial charge on any atom is 0.102 e. The van der Waals surface area contributed by atoms with Gasteiger partial charge in [0.1, 0.15) is 6.67 Å². The van der Waals surface area contributed by atoms with Gasteiger partial charge in [0.25, 0.3) is 0 Å². The summed E-state index contributed by atoms with van der Waals surface area (Å²) in [7, 11) is 0. The summed E-state index contributed by atoms with van der Waals surface area (Å²) in [5.74, 6) is 0. The number of hydrogen-bond donors (Lipinski definition) is 1. The standard InChI is InChI=1S/C10H22FN/c1-2-3-4-5-6-7-9-12-10-8-11/h12H,2-10H2,1H3. The lowest BCUT2D eigenvalue weighted by Crippen LogP contribution is -2.17. The van der Waals surface area contributed by atoms with Gasteiger partial charge in [-0.25, -0.2) is 4.39 Å². The van der Waals surface area contributed by atoms with E-state index in [1.54, 1.807) is 0 Å². The van der Waals surface area contributed by atoms with Gasteiger partial charge < -0.3 is 5.32 Å². The van der Waals surface area contributed by atoms with Gasteiger partial charge in [0.2, 0.25) is 0 Å². The van der Waals surface area contributed by atoms with Crippen molar-refractivity contribution < 1.29 is 4.39 Å². The summed E-state index contributed by atoms with van der Waals surface area (Å²) < 4.78 is 11.6. The van der Waals surface area contributed by atoms with Crippen LogP contribution in [0.15, 0.2) is 0 Å². The van der Waals surface area contributed by atoms with E-state index in [1.165, 1.54) is 38.5 Å². The summed E-state index contributed by atoms with van der Waals surface area (Å²) in [6.07, 6.45) is 7.85. The van der Waals surface area contributed by atoms with Crippen molar-refractivity contribution >= 4 is 0 Å². The second-order valence-corrected chi connectivity index (χ2v) is 3.21. The number of alkyl halides is 1. The zero-order chi connectivity index (χ0) is 9.07. The average Bonchev–Trinajstić information content (AvgIpc) is 2.10. The van der Waals surface area contributed by atoms with E-state index >= 15 is 0 Å². The molecule has 0 saturated carbocycles. The number of rotatable bonds is 9. The van der Waals surface area contributed by atoms with Crippen LogP contribution in [0.4, 0.5) is 4.39 Å². The van der Waals surface area contributed by atoms with E-state index in [0.717, 1.165) is 6.54 Å². The molecule has 0 aromatic rings. The fraction of sp³-hybridized carbons (Fsp3) is 1.00. The molecule has 0 aliphatic rings. The van der Waals surface area contributed by atoms with Crippen molar-refractivity contribution in [2.75, 3.05) is 19.8 Å². The third kappa shape index (κ3) is 9.89. The third-order valence-corrected chi connectivity index (χ3v) is 1.98. The van der Waals surface area contributed by atoms with Crippen LogP contribution in [0.5, 0.6) is 0 Å². The van der Waals surface area contributed by atoms with Crippen LogP contribution < -0.4 is 5.32 Å². The van der Waals surface area contributed by atoms with Gasteiger partial charge in [-0.3, -0.25) is 0 Å². The van der Waals surface area contributed by atoms with Gasteiger partial charge in [0.15, 0.2) is 0 Å². The summed E-state index contributed by atoms with van der Waals surface area (Å²) in [6.45, 7) is 3.49. The van der Waals surface area contributed by atoms with Crippen LogP contribution in [0.2, 0.25) is 0 Å². The highest BCUT2D eigenvalue weighted by atomic mass is 19.1. The molecule has 0 radical (unpaired) electrons. The molecule has 74 valence electrons. The SMILES string of the molecule is CCCCCCCCNCCF. The quantitative estimate of drug-likeness (QED) is 0.531. The average molecular weight is 175 g/mol. The van der Waals surface area contributed by atoms with E-state index in [0.29, 0.717) is 6.54 Å². The van der Waals surface area contributed by atoms with Crippen molar-refractivity contribution in [3.63, 3.8) is 0 Å². The highest BCUT2D eigenvalue weighted by Gasteiger charge is 1.89. The van der Waals surface area contributed by atoms with Crippen LogP contribution in [0.3, 0.4) is 0 Å². The normalized spacial score (nSPS) is 10.5. The third-order valence-electron chi connectivity index (χ3n) is 1.98. The van der Waals surface area contributed by atoms with E-state index in [1.807, 2.05) is 0 Å². The minimum atomic E-state index is -0.240. The largest absolute Gasteiger partial charge is 0.314 e. The summed E-state index contributed by atoms with van der Waals surface area (Å²) >= 11 is 0. The van der Waals surface area contributed by atoms with Crippen molar-refractivity contribution in [2.24, 2.45) is 0 Å². The minimum absolute atomic E-state index is 0.240. The zero-order valence-corrected chi connectivity index (χ0v) is 8.24. The molecule has 0 aromatic carbocycles. The highest BCUT2D eigenvalue weighted by molar-refractivity contribution is 4.48. The molecule has 0 aromatic heterocycles. The van der Waals surface area contributed by atoms with Crippen LogP contribution in [-0.4, -0.2) is 19.8 Å². The van der Waals surface area contributed by atoms with E-state index in [2.05, 4.69) is 12.2 Å². The van der Waals surface area contributed by atoms with Crippen molar-refractivity contribution in [1.82, 2.24) is 5.32 Å². The van der Waals surface area contributed by atoms with Gasteiger partial charge in [0.05, 0.1) is 0 Å². The molecular weight excluding hydrogens is 153 g/mol. The maximum absolute atomic E-state index is 11.6. The lowest BCUT2D eigenvalue weighted by atomic mass is 10.1. The number of unbranched alkanes of at least 4 members (excludes halogenated alkanes) is 5. The fourth-order valence-electron chi connectivity index (χ4n) is 1.22. The van der Waals surface area contributed by atoms with Crippen molar-refractivity contribution in [3.8, 4) is 0 Å². The predicted octanol–water partition coefficient (Wildman–Crippen LogP) is 2.91. The van der Waals surface area contributed by atoms with Gasteiger partial charge in [-0.1, -0.05) is 39.0 Å². The van der Waals surface area contributed by atoms with Crippen LogP contribution >= 0.6 is 0 Å². The lowest BCUT2D eigenvalue weighted by Gasteiger charge is -2.01. The molecule has 0 atom stereocenters. The summed E-state index contributed by atoms with van der Waals surface area (Å²) in [5, 5.41) is 3.05. The Morgan fingerprint density at radius 2 is 1.58 bits per heavy atom. The molecular formula is C10H22FN.